The number of ether oxygens (including phenoxy) is 1. The summed E-state index contributed by atoms with van der Waals surface area (Å²) in [5.74, 6) is 0.818. The normalized spacial score (nSPS) is 11.7. The van der Waals surface area contributed by atoms with Crippen molar-refractivity contribution >= 4 is 11.7 Å². The molecule has 2 N–H and O–H groups in total. The number of aryl methyl sites for hydroxylation is 2. The van der Waals surface area contributed by atoms with Gasteiger partial charge in [0.25, 0.3) is 0 Å². The molecule has 29 heavy (non-hydrogen) atoms. The van der Waals surface area contributed by atoms with Crippen LogP contribution in [0, 0.1) is 13.8 Å². The standard InChI is InChI=1S/C23H28N4O2/c1-16(12-19-7-6-10-22(14-19)29-4)24-23(28)25-21-9-5-8-20(13-21)15-27-18(3)11-17(2)26-27/h5-11,13-14,16H,12,15H2,1-4H3,(H2,24,25,28). The number of nitrogens with zero attached hydrogens (tertiary/aromatic N) is 2. The Bertz CT molecular complexity index is 981. The zero-order chi connectivity index (χ0) is 20.8. The number of nitrogens with one attached hydrogen (secondary N) is 2. The first kappa shape index (κ1) is 20.5. The molecule has 2 amide bonds. The molecule has 2 aromatic carbocycles. The molecule has 6 heteroatoms. The summed E-state index contributed by atoms with van der Waals surface area (Å²) < 4.78 is 7.22. The van der Waals surface area contributed by atoms with Gasteiger partial charge >= 0.3 is 6.03 Å². The number of amides is 2. The minimum Gasteiger partial charge on any atom is -0.497 e. The van der Waals surface area contributed by atoms with Gasteiger partial charge in [-0.15, -0.1) is 0 Å². The number of anilines is 1. The first-order valence-corrected chi connectivity index (χ1v) is 9.73. The van der Waals surface area contributed by atoms with Crippen molar-refractivity contribution in [2.75, 3.05) is 12.4 Å². The average Bonchev–Trinajstić information content (AvgIpc) is 2.98. The molecule has 3 rings (SSSR count). The number of rotatable bonds is 7. The van der Waals surface area contributed by atoms with E-state index >= 15 is 0 Å². The van der Waals surface area contributed by atoms with E-state index in [1.165, 1.54) is 0 Å². The monoisotopic (exact) mass is 392 g/mol. The third-order valence-corrected chi connectivity index (χ3v) is 4.67. The van der Waals surface area contributed by atoms with Crippen LogP contribution in [0.5, 0.6) is 5.75 Å². The molecule has 0 spiro atoms. The molecular weight excluding hydrogens is 364 g/mol. The molecule has 1 heterocycles. The number of hydrogen-bond donors (Lipinski definition) is 2. The van der Waals surface area contributed by atoms with Crippen molar-refractivity contribution in [2.45, 2.75) is 39.8 Å². The molecule has 152 valence electrons. The lowest BCUT2D eigenvalue weighted by molar-refractivity contribution is 0.249. The summed E-state index contributed by atoms with van der Waals surface area (Å²) in [5, 5.41) is 10.4. The Kier molecular flexibility index (Phi) is 6.54. The lowest BCUT2D eigenvalue weighted by Crippen LogP contribution is -2.37. The topological polar surface area (TPSA) is 68.2 Å². The summed E-state index contributed by atoms with van der Waals surface area (Å²) in [5.41, 5.74) is 5.07. The van der Waals surface area contributed by atoms with Gasteiger partial charge in [0.15, 0.2) is 0 Å². The van der Waals surface area contributed by atoms with Crippen molar-refractivity contribution in [1.29, 1.82) is 0 Å². The molecule has 1 aromatic heterocycles. The van der Waals surface area contributed by atoms with Gasteiger partial charge in [0, 0.05) is 17.4 Å². The highest BCUT2D eigenvalue weighted by Gasteiger charge is 2.10. The van der Waals surface area contributed by atoms with E-state index in [0.29, 0.717) is 6.54 Å². The van der Waals surface area contributed by atoms with Gasteiger partial charge in [-0.05, 0) is 68.7 Å². The SMILES string of the molecule is COc1cccc(CC(C)NC(=O)Nc2cccc(Cn3nc(C)cc3C)c2)c1. The van der Waals surface area contributed by atoms with E-state index in [9.17, 15) is 4.79 Å². The van der Waals surface area contributed by atoms with Gasteiger partial charge in [0.05, 0.1) is 19.3 Å². The van der Waals surface area contributed by atoms with Crippen LogP contribution in [-0.4, -0.2) is 29.0 Å². The number of aromatic nitrogens is 2. The summed E-state index contributed by atoms with van der Waals surface area (Å²) in [7, 11) is 1.65. The van der Waals surface area contributed by atoms with Crippen LogP contribution >= 0.6 is 0 Å². The highest BCUT2D eigenvalue weighted by Crippen LogP contribution is 2.15. The minimum atomic E-state index is -0.219. The van der Waals surface area contributed by atoms with E-state index in [1.54, 1.807) is 7.11 Å². The fourth-order valence-corrected chi connectivity index (χ4v) is 3.35. The lowest BCUT2D eigenvalue weighted by Gasteiger charge is -2.15. The van der Waals surface area contributed by atoms with Crippen LogP contribution in [0.3, 0.4) is 0 Å². The Balaban J connectivity index is 1.56. The molecule has 0 aliphatic heterocycles. The second-order valence-corrected chi connectivity index (χ2v) is 7.34. The van der Waals surface area contributed by atoms with E-state index in [-0.39, 0.29) is 12.1 Å². The van der Waals surface area contributed by atoms with E-state index < -0.39 is 0 Å². The maximum atomic E-state index is 12.4. The summed E-state index contributed by atoms with van der Waals surface area (Å²) in [6, 6.07) is 17.5. The van der Waals surface area contributed by atoms with E-state index in [2.05, 4.69) is 21.8 Å². The number of carbonyl (C=O) groups excluding carboxylic acids is 1. The van der Waals surface area contributed by atoms with Gasteiger partial charge in [-0.3, -0.25) is 4.68 Å². The van der Waals surface area contributed by atoms with Crippen LogP contribution in [0.1, 0.15) is 29.4 Å². The Morgan fingerprint density at radius 3 is 2.59 bits per heavy atom. The molecule has 0 aliphatic carbocycles. The summed E-state index contributed by atoms with van der Waals surface area (Å²) in [6.45, 7) is 6.68. The van der Waals surface area contributed by atoms with Crippen molar-refractivity contribution in [2.24, 2.45) is 0 Å². The van der Waals surface area contributed by atoms with Crippen molar-refractivity contribution in [1.82, 2.24) is 15.1 Å². The van der Waals surface area contributed by atoms with Crippen LogP contribution in [0.2, 0.25) is 0 Å². The molecular formula is C23H28N4O2. The Labute approximate surface area is 171 Å². The van der Waals surface area contributed by atoms with Crippen LogP contribution < -0.4 is 15.4 Å². The number of benzene rings is 2. The Morgan fingerprint density at radius 1 is 1.10 bits per heavy atom. The zero-order valence-corrected chi connectivity index (χ0v) is 17.4. The quantitative estimate of drug-likeness (QED) is 0.630. The second-order valence-electron chi connectivity index (χ2n) is 7.34. The zero-order valence-electron chi connectivity index (χ0n) is 17.4. The van der Waals surface area contributed by atoms with Crippen molar-refractivity contribution in [3.63, 3.8) is 0 Å². The van der Waals surface area contributed by atoms with Gasteiger partial charge in [0.1, 0.15) is 5.75 Å². The molecule has 0 saturated carbocycles. The molecule has 0 radical (unpaired) electrons. The van der Waals surface area contributed by atoms with Gasteiger partial charge in [-0.2, -0.15) is 5.10 Å². The highest BCUT2D eigenvalue weighted by molar-refractivity contribution is 5.89. The van der Waals surface area contributed by atoms with Crippen molar-refractivity contribution in [3.8, 4) is 5.75 Å². The summed E-state index contributed by atoms with van der Waals surface area (Å²) in [4.78, 5) is 12.4. The summed E-state index contributed by atoms with van der Waals surface area (Å²) >= 11 is 0. The number of methoxy groups -OCH3 is 1. The average molecular weight is 393 g/mol. The first-order valence-electron chi connectivity index (χ1n) is 9.73. The Morgan fingerprint density at radius 2 is 1.86 bits per heavy atom. The number of urea groups is 1. The van der Waals surface area contributed by atoms with Gasteiger partial charge in [-0.25, -0.2) is 4.79 Å². The van der Waals surface area contributed by atoms with Crippen LogP contribution in [-0.2, 0) is 13.0 Å². The molecule has 3 aromatic rings. The Hall–Kier alpha value is -3.28. The predicted molar refractivity (Wildman–Crippen MR) is 116 cm³/mol. The number of carbonyl (C=O) groups is 1. The maximum Gasteiger partial charge on any atom is 0.319 e. The first-order chi connectivity index (χ1) is 13.9. The predicted octanol–water partition coefficient (Wildman–Crippen LogP) is 4.31. The van der Waals surface area contributed by atoms with E-state index in [1.807, 2.05) is 74.0 Å². The lowest BCUT2D eigenvalue weighted by atomic mass is 10.1. The van der Waals surface area contributed by atoms with E-state index in [4.69, 9.17) is 4.74 Å². The molecule has 0 aliphatic rings. The van der Waals surface area contributed by atoms with Crippen LogP contribution in [0.25, 0.3) is 0 Å². The fourth-order valence-electron chi connectivity index (χ4n) is 3.35. The van der Waals surface area contributed by atoms with Crippen LogP contribution in [0.15, 0.2) is 54.6 Å². The van der Waals surface area contributed by atoms with Crippen LogP contribution in [0.4, 0.5) is 10.5 Å². The van der Waals surface area contributed by atoms with Gasteiger partial charge in [0.2, 0.25) is 0 Å². The maximum absolute atomic E-state index is 12.4. The molecule has 6 nitrogen and oxygen atoms in total. The molecule has 0 fully saturated rings. The third kappa shape index (κ3) is 5.85. The fraction of sp³-hybridized carbons (Fsp3) is 0.304. The molecule has 1 atom stereocenters. The molecule has 0 bridgehead atoms. The number of hydrogen-bond acceptors (Lipinski definition) is 3. The van der Waals surface area contributed by atoms with Crippen molar-refractivity contribution < 1.29 is 9.53 Å². The van der Waals surface area contributed by atoms with Gasteiger partial charge < -0.3 is 15.4 Å². The largest absolute Gasteiger partial charge is 0.497 e. The molecule has 1 unspecified atom stereocenters. The smallest absolute Gasteiger partial charge is 0.319 e. The minimum absolute atomic E-state index is 0.0139. The van der Waals surface area contributed by atoms with Crippen molar-refractivity contribution in [3.05, 3.63) is 77.1 Å². The molecule has 0 saturated heterocycles. The highest BCUT2D eigenvalue weighted by atomic mass is 16.5. The third-order valence-electron chi connectivity index (χ3n) is 4.67. The van der Waals surface area contributed by atoms with Gasteiger partial charge in [-0.1, -0.05) is 24.3 Å². The summed E-state index contributed by atoms with van der Waals surface area (Å²) in [6.07, 6.45) is 0.725. The van der Waals surface area contributed by atoms with E-state index in [0.717, 1.165) is 40.4 Å². The second kappa shape index (κ2) is 9.28.